The zero-order chi connectivity index (χ0) is 42.3. The van der Waals surface area contributed by atoms with Crippen LogP contribution in [0.2, 0.25) is 0 Å². The van der Waals surface area contributed by atoms with Gasteiger partial charge in [0.1, 0.15) is 18.4 Å². The number of nitrogens with zero attached hydrogens (tertiary/aromatic N) is 4. The van der Waals surface area contributed by atoms with Crippen LogP contribution < -0.4 is 5.32 Å². The van der Waals surface area contributed by atoms with Gasteiger partial charge in [0.05, 0.1) is 36.4 Å². The van der Waals surface area contributed by atoms with Gasteiger partial charge in [-0.1, -0.05) is 50.2 Å². The molecule has 0 fully saturated rings. The predicted molar refractivity (Wildman–Crippen MR) is 214 cm³/mol. The Hall–Kier alpha value is -6.24. The maximum absolute atomic E-state index is 13.2. The van der Waals surface area contributed by atoms with E-state index in [2.05, 4.69) is 24.8 Å². The van der Waals surface area contributed by atoms with E-state index in [9.17, 15) is 33.9 Å². The van der Waals surface area contributed by atoms with E-state index < -0.39 is 35.6 Å². The number of carbonyl (C=O) groups excluding carboxylic acids is 6. The fraction of sp³-hybridized carbons (Fsp3) is 0.300. The number of aliphatic hydroxyl groups is 1. The summed E-state index contributed by atoms with van der Waals surface area (Å²) in [6.45, 7) is 8.34. The molecule has 2 N–H and O–H groups in total. The number of fused-ring (bicyclic) bond motifs is 2. The molecule has 58 heavy (non-hydrogen) atoms. The van der Waals surface area contributed by atoms with Crippen molar-refractivity contribution >= 4 is 80.0 Å². The van der Waals surface area contributed by atoms with Crippen molar-refractivity contribution < 1.29 is 52.8 Å². The number of amides is 1. The van der Waals surface area contributed by atoms with E-state index in [1.807, 2.05) is 24.3 Å². The molecular weight excluding hydrogens is 791 g/mol. The van der Waals surface area contributed by atoms with Crippen molar-refractivity contribution in [2.75, 3.05) is 14.2 Å². The summed E-state index contributed by atoms with van der Waals surface area (Å²) in [6.07, 6.45) is 2.45. The number of hydrogen-bond acceptors (Lipinski definition) is 15. The van der Waals surface area contributed by atoms with E-state index in [4.69, 9.17) is 9.47 Å². The molecule has 0 spiro atoms. The molecule has 2 aromatic carbocycles. The first-order valence-corrected chi connectivity index (χ1v) is 19.4. The highest BCUT2D eigenvalue weighted by Crippen LogP contribution is 2.27. The Morgan fingerprint density at radius 1 is 0.759 bits per heavy atom. The van der Waals surface area contributed by atoms with Gasteiger partial charge in [0.2, 0.25) is 11.6 Å². The molecule has 1 amide bonds. The summed E-state index contributed by atoms with van der Waals surface area (Å²) in [5.41, 5.74) is 1.67. The number of ketones is 2. The molecule has 6 rings (SSSR count). The van der Waals surface area contributed by atoms with E-state index >= 15 is 0 Å². The second-order valence-corrected chi connectivity index (χ2v) is 15.6. The molecule has 0 radical (unpaired) electrons. The van der Waals surface area contributed by atoms with Crippen molar-refractivity contribution in [3.05, 3.63) is 104 Å². The number of carbonyl (C=O) groups is 6. The van der Waals surface area contributed by atoms with Crippen molar-refractivity contribution in [1.29, 1.82) is 0 Å². The van der Waals surface area contributed by atoms with E-state index in [1.54, 1.807) is 80.4 Å². The normalized spacial score (nSPS) is 11.7. The van der Waals surface area contributed by atoms with Crippen molar-refractivity contribution in [2.45, 2.75) is 59.7 Å². The van der Waals surface area contributed by atoms with Gasteiger partial charge in [-0.2, -0.15) is 0 Å². The van der Waals surface area contributed by atoms with Gasteiger partial charge in [-0.25, -0.2) is 29.1 Å². The number of alkyl carbamates (subject to hydrolysis) is 1. The molecule has 0 aliphatic heterocycles. The van der Waals surface area contributed by atoms with Crippen molar-refractivity contribution in [1.82, 2.24) is 24.4 Å². The molecule has 0 saturated carbocycles. The molecular formula is C40H41N5O11S2. The molecule has 18 heteroatoms. The largest absolute Gasteiger partial charge is 0.464 e. The lowest BCUT2D eigenvalue weighted by molar-refractivity contribution is -0.151. The molecule has 0 bridgehead atoms. The quantitative estimate of drug-likeness (QED) is 0.0798. The lowest BCUT2D eigenvalue weighted by Crippen LogP contribution is -2.47. The standard InChI is InChI=1S/C25H29N3O7S.C15H12N2O4S/c1-14(2)19(27-24(32)35-25(3,4)5)23(31)34-13-28-11-16(15-9-7-8-10-18(15)28)20(29)21-26-17(12-36-21)22(30)33-6;1-21-15(20)11-7-22-14(16-11)13(19)10-6-17(8-18)12-5-3-2-4-9(10)12/h7-12,14,19H,13H2,1-6H3,(H,27,32);2-7,18H,8H2,1H3/t19-;/m0./s1. The van der Waals surface area contributed by atoms with Gasteiger partial charge in [0.15, 0.2) is 28.1 Å². The lowest BCUT2D eigenvalue weighted by Gasteiger charge is -2.24. The summed E-state index contributed by atoms with van der Waals surface area (Å²) in [5.74, 6) is -2.75. The molecule has 0 unspecified atom stereocenters. The van der Waals surface area contributed by atoms with Gasteiger partial charge in [-0.15, -0.1) is 22.7 Å². The minimum absolute atomic E-state index is 0.0562. The molecule has 4 aromatic heterocycles. The fourth-order valence-corrected chi connectivity index (χ4v) is 7.10. The number of para-hydroxylation sites is 2. The fourth-order valence-electron chi connectivity index (χ4n) is 5.62. The van der Waals surface area contributed by atoms with Crippen LogP contribution in [-0.2, 0) is 37.2 Å². The molecule has 6 aromatic rings. The highest BCUT2D eigenvalue weighted by Gasteiger charge is 2.29. The molecule has 16 nitrogen and oxygen atoms in total. The number of aromatic nitrogens is 4. The zero-order valence-electron chi connectivity index (χ0n) is 32.6. The van der Waals surface area contributed by atoms with Gasteiger partial charge in [-0.3, -0.25) is 9.59 Å². The predicted octanol–water partition coefficient (Wildman–Crippen LogP) is 6.23. The Morgan fingerprint density at radius 2 is 1.22 bits per heavy atom. The summed E-state index contributed by atoms with van der Waals surface area (Å²) in [6, 6.07) is 13.5. The van der Waals surface area contributed by atoms with Crippen LogP contribution in [0.15, 0.2) is 71.7 Å². The van der Waals surface area contributed by atoms with Crippen LogP contribution in [0, 0.1) is 5.92 Å². The molecule has 0 saturated heterocycles. The van der Waals surface area contributed by atoms with Crippen LogP contribution in [0.25, 0.3) is 21.8 Å². The topological polar surface area (TPSA) is 207 Å². The minimum Gasteiger partial charge on any atom is -0.464 e. The Kier molecular flexibility index (Phi) is 13.6. The van der Waals surface area contributed by atoms with Crippen LogP contribution in [-0.4, -0.2) is 85.6 Å². The van der Waals surface area contributed by atoms with Crippen LogP contribution in [0.5, 0.6) is 0 Å². The highest BCUT2D eigenvalue weighted by atomic mass is 32.1. The average Bonchev–Trinajstić information content (AvgIpc) is 4.03. The van der Waals surface area contributed by atoms with Gasteiger partial charge in [-0.05, 0) is 38.8 Å². The number of hydrogen-bond donors (Lipinski definition) is 2. The first-order valence-electron chi connectivity index (χ1n) is 17.7. The summed E-state index contributed by atoms with van der Waals surface area (Å²) >= 11 is 2.13. The second kappa shape index (κ2) is 18.4. The number of methoxy groups -OCH3 is 2. The van der Waals surface area contributed by atoms with Gasteiger partial charge in [0.25, 0.3) is 0 Å². The number of nitrogens with one attached hydrogen (secondary N) is 1. The van der Waals surface area contributed by atoms with E-state index in [-0.39, 0.29) is 52.3 Å². The van der Waals surface area contributed by atoms with Crippen molar-refractivity contribution in [2.24, 2.45) is 5.92 Å². The average molecular weight is 832 g/mol. The number of rotatable bonds is 12. The molecule has 0 aliphatic rings. The number of thiazole rings is 2. The summed E-state index contributed by atoms with van der Waals surface area (Å²) in [4.78, 5) is 82.1. The third-order valence-electron chi connectivity index (χ3n) is 8.34. The van der Waals surface area contributed by atoms with E-state index in [1.165, 1.54) is 25.0 Å². The third kappa shape index (κ3) is 9.82. The van der Waals surface area contributed by atoms with Gasteiger partial charge >= 0.3 is 24.0 Å². The van der Waals surface area contributed by atoms with Crippen LogP contribution in [0.4, 0.5) is 4.79 Å². The Balaban J connectivity index is 0.000000247. The maximum Gasteiger partial charge on any atom is 0.408 e. The molecule has 4 heterocycles. The van der Waals surface area contributed by atoms with Crippen LogP contribution in [0.3, 0.4) is 0 Å². The Bertz CT molecular complexity index is 2490. The van der Waals surface area contributed by atoms with Gasteiger partial charge in [0, 0.05) is 33.9 Å². The molecule has 0 aliphatic carbocycles. The lowest BCUT2D eigenvalue weighted by atomic mass is 10.1. The summed E-state index contributed by atoms with van der Waals surface area (Å²) in [5, 5.41) is 16.6. The van der Waals surface area contributed by atoms with E-state index in [0.29, 0.717) is 22.0 Å². The number of esters is 3. The Morgan fingerprint density at radius 3 is 1.67 bits per heavy atom. The number of ether oxygens (including phenoxy) is 4. The SMILES string of the molecule is COC(=O)c1csc(C(=O)c2cn(CO)c3ccccc23)n1.COC(=O)c1csc(C(=O)c2cn(COC(=O)[C@@H](NC(=O)OC(C)(C)C)C(C)C)c3ccccc23)n1. The van der Waals surface area contributed by atoms with Gasteiger partial charge < -0.3 is 38.5 Å². The third-order valence-corrected chi connectivity index (χ3v) is 10.0. The first kappa shape index (κ1) is 42.9. The first-order chi connectivity index (χ1) is 27.6. The van der Waals surface area contributed by atoms with Crippen molar-refractivity contribution in [3.63, 3.8) is 0 Å². The molecule has 1 atom stereocenters. The van der Waals surface area contributed by atoms with E-state index in [0.717, 1.165) is 33.6 Å². The number of aliphatic hydroxyl groups excluding tert-OH is 1. The zero-order valence-corrected chi connectivity index (χ0v) is 34.3. The minimum atomic E-state index is -0.921. The number of benzene rings is 2. The van der Waals surface area contributed by atoms with Crippen molar-refractivity contribution in [3.8, 4) is 0 Å². The van der Waals surface area contributed by atoms with Crippen LogP contribution in [0.1, 0.15) is 86.3 Å². The molecule has 304 valence electrons. The summed E-state index contributed by atoms with van der Waals surface area (Å²) in [7, 11) is 2.50. The van der Waals surface area contributed by atoms with Crippen LogP contribution >= 0.6 is 22.7 Å². The summed E-state index contributed by atoms with van der Waals surface area (Å²) < 4.78 is 23.2. The Labute approximate surface area is 340 Å². The smallest absolute Gasteiger partial charge is 0.408 e. The maximum atomic E-state index is 13.2. The highest BCUT2D eigenvalue weighted by molar-refractivity contribution is 7.12. The monoisotopic (exact) mass is 831 g/mol. The second-order valence-electron chi connectivity index (χ2n) is 13.9.